The number of pyridine rings is 1. The average Bonchev–Trinajstić information content (AvgIpc) is 3.33. The van der Waals surface area contributed by atoms with E-state index >= 15 is 0 Å². The smallest absolute Gasteiger partial charge is 0.225 e. The second-order valence-electron chi connectivity index (χ2n) is 8.63. The molecule has 0 bridgehead atoms. The minimum absolute atomic E-state index is 0.423. The van der Waals surface area contributed by atoms with Crippen LogP contribution in [-0.4, -0.2) is 79.0 Å². The number of rotatable bonds is 5. The Kier molecular flexibility index (Phi) is 6.20. The first-order valence-corrected chi connectivity index (χ1v) is 11.3. The van der Waals surface area contributed by atoms with Crippen LogP contribution in [0.15, 0.2) is 30.7 Å². The predicted molar refractivity (Wildman–Crippen MR) is 116 cm³/mol. The summed E-state index contributed by atoms with van der Waals surface area (Å²) in [5, 5.41) is 0. The molecular weight excluding hydrogens is 378 g/mol. The van der Waals surface area contributed by atoms with Crippen LogP contribution >= 0.6 is 0 Å². The fraction of sp³-hybridized carbons (Fsp3) is 0.609. The highest BCUT2D eigenvalue weighted by molar-refractivity contribution is 5.66. The summed E-state index contributed by atoms with van der Waals surface area (Å²) in [6, 6.07) is 4.13. The zero-order chi connectivity index (χ0) is 20.2. The van der Waals surface area contributed by atoms with Gasteiger partial charge in [0.05, 0.1) is 25.5 Å². The van der Waals surface area contributed by atoms with E-state index in [2.05, 4.69) is 26.9 Å². The van der Waals surface area contributed by atoms with E-state index in [4.69, 9.17) is 19.4 Å². The van der Waals surface area contributed by atoms with Gasteiger partial charge in [-0.05, 0) is 49.4 Å². The van der Waals surface area contributed by atoms with Crippen molar-refractivity contribution in [1.82, 2.24) is 19.9 Å². The predicted octanol–water partition coefficient (Wildman–Crippen LogP) is 2.59. The SMILES string of the molecule is c1cc(-c2cnc(N3CCOCC3)nc2[C@H]2CCCN(C[C@@H]3CCOC3)C2)ccn1. The molecule has 0 radical (unpaired) electrons. The summed E-state index contributed by atoms with van der Waals surface area (Å²) in [4.78, 5) is 19.0. The van der Waals surface area contributed by atoms with Crippen LogP contribution in [0.4, 0.5) is 5.95 Å². The van der Waals surface area contributed by atoms with E-state index in [-0.39, 0.29) is 0 Å². The molecule has 0 saturated carbocycles. The molecule has 2 aromatic heterocycles. The number of hydrogen-bond donors (Lipinski definition) is 0. The Bertz CT molecular complexity index is 822. The molecule has 0 unspecified atom stereocenters. The maximum absolute atomic E-state index is 5.60. The van der Waals surface area contributed by atoms with E-state index < -0.39 is 0 Å². The topological polar surface area (TPSA) is 63.6 Å². The highest BCUT2D eigenvalue weighted by Crippen LogP contribution is 2.34. The average molecular weight is 410 g/mol. The minimum atomic E-state index is 0.423. The summed E-state index contributed by atoms with van der Waals surface area (Å²) >= 11 is 0. The number of likely N-dealkylation sites (tertiary alicyclic amines) is 1. The van der Waals surface area contributed by atoms with Gasteiger partial charge in [0.25, 0.3) is 0 Å². The van der Waals surface area contributed by atoms with Crippen molar-refractivity contribution in [2.75, 3.05) is 64.1 Å². The van der Waals surface area contributed by atoms with Crippen LogP contribution in [-0.2, 0) is 9.47 Å². The van der Waals surface area contributed by atoms with Crippen LogP contribution in [0.25, 0.3) is 11.1 Å². The van der Waals surface area contributed by atoms with E-state index in [9.17, 15) is 0 Å². The molecule has 2 atom stereocenters. The van der Waals surface area contributed by atoms with E-state index in [1.807, 2.05) is 18.6 Å². The molecule has 0 aliphatic carbocycles. The molecular formula is C23H31N5O2. The second-order valence-corrected chi connectivity index (χ2v) is 8.63. The van der Waals surface area contributed by atoms with Crippen molar-refractivity contribution in [3.63, 3.8) is 0 Å². The molecule has 3 fully saturated rings. The summed E-state index contributed by atoms with van der Waals surface area (Å²) in [7, 11) is 0. The lowest BCUT2D eigenvalue weighted by Gasteiger charge is -2.35. The fourth-order valence-electron chi connectivity index (χ4n) is 4.90. The van der Waals surface area contributed by atoms with E-state index in [1.54, 1.807) is 0 Å². The van der Waals surface area contributed by atoms with Crippen molar-refractivity contribution >= 4 is 5.95 Å². The number of aromatic nitrogens is 3. The third kappa shape index (κ3) is 4.48. The molecule has 160 valence electrons. The van der Waals surface area contributed by atoms with Gasteiger partial charge in [-0.2, -0.15) is 0 Å². The summed E-state index contributed by atoms with van der Waals surface area (Å²) in [6.45, 7) is 8.41. The molecule has 3 aliphatic heterocycles. The minimum Gasteiger partial charge on any atom is -0.381 e. The number of ether oxygens (including phenoxy) is 2. The van der Waals surface area contributed by atoms with Gasteiger partial charge in [-0.1, -0.05) is 0 Å². The van der Waals surface area contributed by atoms with Gasteiger partial charge >= 0.3 is 0 Å². The number of anilines is 1. The molecule has 2 aromatic rings. The number of morpholine rings is 1. The third-order valence-electron chi connectivity index (χ3n) is 6.52. The van der Waals surface area contributed by atoms with Crippen LogP contribution in [0.3, 0.4) is 0 Å². The monoisotopic (exact) mass is 409 g/mol. The first kappa shape index (κ1) is 19.8. The summed E-state index contributed by atoms with van der Waals surface area (Å²) in [6.07, 6.45) is 9.30. The molecule has 3 aliphatic rings. The molecule has 7 nitrogen and oxygen atoms in total. The summed E-state index contributed by atoms with van der Waals surface area (Å²) in [5.41, 5.74) is 3.48. The van der Waals surface area contributed by atoms with Gasteiger partial charge in [-0.15, -0.1) is 0 Å². The van der Waals surface area contributed by atoms with E-state index in [0.717, 1.165) is 69.7 Å². The van der Waals surface area contributed by atoms with E-state index in [1.165, 1.54) is 31.5 Å². The molecule has 0 spiro atoms. The van der Waals surface area contributed by atoms with Gasteiger partial charge in [-0.3, -0.25) is 4.98 Å². The fourth-order valence-corrected chi connectivity index (χ4v) is 4.90. The molecule has 30 heavy (non-hydrogen) atoms. The second kappa shape index (κ2) is 9.37. The first-order valence-electron chi connectivity index (χ1n) is 11.3. The molecule has 7 heteroatoms. The molecule has 0 amide bonds. The Balaban J connectivity index is 1.42. The van der Waals surface area contributed by atoms with Gasteiger partial charge in [0.1, 0.15) is 0 Å². The Morgan fingerprint density at radius 1 is 1.00 bits per heavy atom. The Morgan fingerprint density at radius 2 is 1.87 bits per heavy atom. The Hall–Kier alpha value is -2.09. The van der Waals surface area contributed by atoms with Gasteiger partial charge in [0.2, 0.25) is 5.95 Å². The van der Waals surface area contributed by atoms with Crippen molar-refractivity contribution < 1.29 is 9.47 Å². The third-order valence-corrected chi connectivity index (χ3v) is 6.52. The Morgan fingerprint density at radius 3 is 2.67 bits per heavy atom. The number of piperidine rings is 1. The number of nitrogens with zero attached hydrogens (tertiary/aromatic N) is 5. The van der Waals surface area contributed by atoms with Crippen molar-refractivity contribution in [3.8, 4) is 11.1 Å². The van der Waals surface area contributed by atoms with Gasteiger partial charge < -0.3 is 19.3 Å². The summed E-state index contributed by atoms with van der Waals surface area (Å²) < 4.78 is 11.1. The zero-order valence-electron chi connectivity index (χ0n) is 17.6. The van der Waals surface area contributed by atoms with Crippen LogP contribution in [0.1, 0.15) is 30.9 Å². The quantitative estimate of drug-likeness (QED) is 0.752. The molecule has 5 rings (SSSR count). The van der Waals surface area contributed by atoms with Gasteiger partial charge in [-0.25, -0.2) is 9.97 Å². The lowest BCUT2D eigenvalue weighted by atomic mass is 9.89. The van der Waals surface area contributed by atoms with Crippen LogP contribution in [0, 0.1) is 5.92 Å². The maximum Gasteiger partial charge on any atom is 0.225 e. The van der Waals surface area contributed by atoms with Crippen molar-refractivity contribution in [1.29, 1.82) is 0 Å². The molecule has 0 N–H and O–H groups in total. The van der Waals surface area contributed by atoms with Gasteiger partial charge in [0, 0.05) is 62.9 Å². The lowest BCUT2D eigenvalue weighted by molar-refractivity contribution is 0.122. The van der Waals surface area contributed by atoms with Crippen molar-refractivity contribution in [3.05, 3.63) is 36.4 Å². The van der Waals surface area contributed by atoms with Crippen molar-refractivity contribution in [2.24, 2.45) is 5.92 Å². The summed E-state index contributed by atoms with van der Waals surface area (Å²) in [5.74, 6) is 1.94. The first-order chi connectivity index (χ1) is 14.9. The Labute approximate surface area is 178 Å². The van der Waals surface area contributed by atoms with Gasteiger partial charge in [0.15, 0.2) is 0 Å². The molecule has 3 saturated heterocycles. The largest absolute Gasteiger partial charge is 0.381 e. The van der Waals surface area contributed by atoms with Crippen LogP contribution in [0.5, 0.6) is 0 Å². The normalized spacial score (nSPS) is 25.5. The van der Waals surface area contributed by atoms with Crippen LogP contribution < -0.4 is 4.90 Å². The standard InChI is InChI=1S/C23H31N5O2/c1-2-20(16-27(8-1)15-18-5-11-30-17-18)22-21(19-3-6-24-7-4-19)14-25-23(26-22)28-9-12-29-13-10-28/h3-4,6-7,14,18,20H,1-2,5,8-13,15-17H2/t18-,20-/m0/s1. The van der Waals surface area contributed by atoms with Crippen LogP contribution in [0.2, 0.25) is 0 Å². The number of hydrogen-bond acceptors (Lipinski definition) is 7. The molecule has 5 heterocycles. The lowest BCUT2D eigenvalue weighted by Crippen LogP contribution is -2.39. The van der Waals surface area contributed by atoms with Crippen molar-refractivity contribution in [2.45, 2.75) is 25.2 Å². The molecule has 0 aromatic carbocycles. The van der Waals surface area contributed by atoms with E-state index in [0.29, 0.717) is 11.8 Å². The maximum atomic E-state index is 5.60. The highest BCUT2D eigenvalue weighted by Gasteiger charge is 2.29. The highest BCUT2D eigenvalue weighted by atomic mass is 16.5. The zero-order valence-corrected chi connectivity index (χ0v) is 17.6.